The van der Waals surface area contributed by atoms with Crippen LogP contribution in [0, 0.1) is 0 Å². The lowest BCUT2D eigenvalue weighted by Crippen LogP contribution is -2.54. The Bertz CT molecular complexity index is 567. The van der Waals surface area contributed by atoms with Crippen molar-refractivity contribution >= 4 is 5.91 Å². The predicted octanol–water partition coefficient (Wildman–Crippen LogP) is 2.02. The minimum Gasteiger partial charge on any atom is -0.377 e. The quantitative estimate of drug-likeness (QED) is 0.829. The van der Waals surface area contributed by atoms with Crippen LogP contribution in [0.25, 0.3) is 0 Å². The molecule has 0 aromatic carbocycles. The van der Waals surface area contributed by atoms with Gasteiger partial charge in [-0.2, -0.15) is 0 Å². The molecule has 3 rings (SSSR count). The molecule has 6 heteroatoms. The van der Waals surface area contributed by atoms with E-state index in [0.29, 0.717) is 19.1 Å². The molecular formula is C18H30N4O2. The highest BCUT2D eigenvalue weighted by atomic mass is 16.5. The molecule has 0 radical (unpaired) electrons. The van der Waals surface area contributed by atoms with Gasteiger partial charge in [-0.3, -0.25) is 4.79 Å². The highest BCUT2D eigenvalue weighted by Gasteiger charge is 2.45. The van der Waals surface area contributed by atoms with Crippen molar-refractivity contribution in [1.82, 2.24) is 19.8 Å². The van der Waals surface area contributed by atoms with E-state index >= 15 is 0 Å². The number of hydrogen-bond acceptors (Lipinski definition) is 4. The summed E-state index contributed by atoms with van der Waals surface area (Å²) in [6.45, 7) is 6.95. The number of likely N-dealkylation sites (tertiary alicyclic amines) is 1. The van der Waals surface area contributed by atoms with Crippen molar-refractivity contribution in [2.75, 3.05) is 6.61 Å². The first-order valence-corrected chi connectivity index (χ1v) is 9.12. The largest absolute Gasteiger partial charge is 0.377 e. The zero-order valence-corrected chi connectivity index (χ0v) is 15.2. The number of carbonyl (C=O) groups excluding carboxylic acids is 1. The highest BCUT2D eigenvalue weighted by Crippen LogP contribution is 2.40. The molecule has 1 saturated carbocycles. The fourth-order valence-corrected chi connectivity index (χ4v) is 3.62. The molecule has 1 aliphatic carbocycles. The third kappa shape index (κ3) is 3.81. The molecule has 2 fully saturated rings. The Labute approximate surface area is 144 Å². The third-order valence-electron chi connectivity index (χ3n) is 4.91. The van der Waals surface area contributed by atoms with Crippen LogP contribution in [0.4, 0.5) is 0 Å². The summed E-state index contributed by atoms with van der Waals surface area (Å²) >= 11 is 0. The van der Waals surface area contributed by atoms with Crippen LogP contribution in [-0.2, 0) is 16.6 Å². The van der Waals surface area contributed by atoms with Gasteiger partial charge < -0.3 is 19.5 Å². The number of aryl methyl sites for hydroxylation is 1. The van der Waals surface area contributed by atoms with Gasteiger partial charge in [-0.1, -0.05) is 0 Å². The average molecular weight is 334 g/mol. The van der Waals surface area contributed by atoms with E-state index in [0.717, 1.165) is 25.0 Å². The van der Waals surface area contributed by atoms with E-state index in [1.165, 1.54) is 0 Å². The predicted molar refractivity (Wildman–Crippen MR) is 92.5 cm³/mol. The SMILES string of the molecule is CC(COC(C)C)N[C@@H]1CCC(=O)N(C2CC2)[C@H]1c1cncn1C. The van der Waals surface area contributed by atoms with Crippen molar-refractivity contribution in [2.24, 2.45) is 7.05 Å². The number of amides is 1. The van der Waals surface area contributed by atoms with Crippen molar-refractivity contribution in [1.29, 1.82) is 0 Å². The van der Waals surface area contributed by atoms with Crippen LogP contribution in [0.2, 0.25) is 0 Å². The molecule has 24 heavy (non-hydrogen) atoms. The van der Waals surface area contributed by atoms with E-state index in [2.05, 4.69) is 36.0 Å². The number of nitrogens with zero attached hydrogens (tertiary/aromatic N) is 3. The number of imidazole rings is 1. The molecule has 0 bridgehead atoms. The zero-order chi connectivity index (χ0) is 17.3. The molecule has 0 spiro atoms. The van der Waals surface area contributed by atoms with Crippen LogP contribution in [0.5, 0.6) is 0 Å². The first kappa shape index (κ1) is 17.4. The second-order valence-corrected chi connectivity index (χ2v) is 7.50. The molecule has 3 atom stereocenters. The first-order valence-electron chi connectivity index (χ1n) is 9.12. The van der Waals surface area contributed by atoms with Crippen molar-refractivity contribution < 1.29 is 9.53 Å². The summed E-state index contributed by atoms with van der Waals surface area (Å²) in [7, 11) is 2.01. The number of hydrogen-bond donors (Lipinski definition) is 1. The topological polar surface area (TPSA) is 59.4 Å². The summed E-state index contributed by atoms with van der Waals surface area (Å²) in [5, 5.41) is 3.71. The zero-order valence-electron chi connectivity index (χ0n) is 15.2. The lowest BCUT2D eigenvalue weighted by molar-refractivity contribution is -0.139. The van der Waals surface area contributed by atoms with E-state index in [4.69, 9.17) is 4.74 Å². The Morgan fingerprint density at radius 2 is 2.08 bits per heavy atom. The van der Waals surface area contributed by atoms with Gasteiger partial charge in [-0.25, -0.2) is 4.98 Å². The normalized spacial score (nSPS) is 26.2. The van der Waals surface area contributed by atoms with E-state index in [1.54, 1.807) is 0 Å². The Morgan fingerprint density at radius 1 is 1.33 bits per heavy atom. The summed E-state index contributed by atoms with van der Waals surface area (Å²) < 4.78 is 7.79. The lowest BCUT2D eigenvalue weighted by atomic mass is 9.92. The highest BCUT2D eigenvalue weighted by molar-refractivity contribution is 5.78. The summed E-state index contributed by atoms with van der Waals surface area (Å²) in [6, 6.07) is 0.962. The van der Waals surface area contributed by atoms with Gasteiger partial charge in [0.15, 0.2) is 0 Å². The van der Waals surface area contributed by atoms with Crippen molar-refractivity contribution in [3.8, 4) is 0 Å². The number of aromatic nitrogens is 2. The molecule has 1 unspecified atom stereocenters. The van der Waals surface area contributed by atoms with Gasteiger partial charge >= 0.3 is 0 Å². The molecule has 1 saturated heterocycles. The maximum atomic E-state index is 12.6. The van der Waals surface area contributed by atoms with Crippen LogP contribution in [-0.4, -0.2) is 51.2 Å². The molecule has 2 aliphatic rings. The fraction of sp³-hybridized carbons (Fsp3) is 0.778. The number of ether oxygens (including phenoxy) is 1. The van der Waals surface area contributed by atoms with E-state index in [-0.39, 0.29) is 30.1 Å². The number of carbonyl (C=O) groups is 1. The molecule has 1 N–H and O–H groups in total. The van der Waals surface area contributed by atoms with Gasteiger partial charge in [0.2, 0.25) is 5.91 Å². The van der Waals surface area contributed by atoms with Crippen LogP contribution < -0.4 is 5.32 Å². The monoisotopic (exact) mass is 334 g/mol. The maximum Gasteiger partial charge on any atom is 0.223 e. The third-order valence-corrected chi connectivity index (χ3v) is 4.91. The minimum atomic E-state index is 0.0627. The Morgan fingerprint density at radius 3 is 2.67 bits per heavy atom. The van der Waals surface area contributed by atoms with Gasteiger partial charge in [-0.05, 0) is 40.0 Å². The molecule has 2 heterocycles. The lowest BCUT2D eigenvalue weighted by Gasteiger charge is -2.43. The van der Waals surface area contributed by atoms with Crippen molar-refractivity contribution in [3.63, 3.8) is 0 Å². The standard InChI is InChI=1S/C18H30N4O2/c1-12(2)24-10-13(3)20-15-7-8-17(23)22(14-5-6-14)18(15)16-9-19-11-21(16)4/h9,11-15,18,20H,5-8,10H2,1-4H3/t13?,15-,18-/m1/s1. The van der Waals surface area contributed by atoms with Crippen LogP contribution in [0.15, 0.2) is 12.5 Å². The minimum absolute atomic E-state index is 0.0627. The average Bonchev–Trinajstić information content (AvgIpc) is 3.28. The van der Waals surface area contributed by atoms with Gasteiger partial charge in [0, 0.05) is 31.6 Å². The second kappa shape index (κ2) is 7.23. The molecule has 1 aliphatic heterocycles. The number of nitrogens with one attached hydrogen (secondary N) is 1. The fourth-order valence-electron chi connectivity index (χ4n) is 3.62. The van der Waals surface area contributed by atoms with Gasteiger partial charge in [0.1, 0.15) is 0 Å². The van der Waals surface area contributed by atoms with Crippen LogP contribution >= 0.6 is 0 Å². The maximum absolute atomic E-state index is 12.6. The number of piperidine rings is 1. The van der Waals surface area contributed by atoms with Crippen LogP contribution in [0.3, 0.4) is 0 Å². The summed E-state index contributed by atoms with van der Waals surface area (Å²) in [5.74, 6) is 0.285. The molecule has 1 aromatic heterocycles. The Hall–Kier alpha value is -1.40. The molecule has 1 aromatic rings. The second-order valence-electron chi connectivity index (χ2n) is 7.50. The van der Waals surface area contributed by atoms with Crippen molar-refractivity contribution in [2.45, 2.75) is 76.7 Å². The van der Waals surface area contributed by atoms with Gasteiger partial charge in [0.05, 0.1) is 37.0 Å². The molecular weight excluding hydrogens is 304 g/mol. The van der Waals surface area contributed by atoms with E-state index in [1.807, 2.05) is 24.1 Å². The first-order chi connectivity index (χ1) is 11.5. The van der Waals surface area contributed by atoms with Gasteiger partial charge in [0.25, 0.3) is 0 Å². The molecule has 1 amide bonds. The van der Waals surface area contributed by atoms with E-state index < -0.39 is 0 Å². The number of rotatable bonds is 7. The Kier molecular flexibility index (Phi) is 5.25. The van der Waals surface area contributed by atoms with Crippen molar-refractivity contribution in [3.05, 3.63) is 18.2 Å². The summed E-state index contributed by atoms with van der Waals surface area (Å²) in [5.41, 5.74) is 1.12. The smallest absolute Gasteiger partial charge is 0.223 e. The Balaban J connectivity index is 1.78. The molecule has 134 valence electrons. The molecule has 6 nitrogen and oxygen atoms in total. The van der Waals surface area contributed by atoms with Crippen LogP contribution in [0.1, 0.15) is 58.2 Å². The van der Waals surface area contributed by atoms with Gasteiger partial charge in [-0.15, -0.1) is 0 Å². The summed E-state index contributed by atoms with van der Waals surface area (Å²) in [6.07, 6.45) is 7.70. The summed E-state index contributed by atoms with van der Waals surface area (Å²) in [4.78, 5) is 19.0. The van der Waals surface area contributed by atoms with E-state index in [9.17, 15) is 4.79 Å².